The van der Waals surface area contributed by atoms with Crippen LogP contribution < -0.4 is 10.2 Å². The third-order valence-electron chi connectivity index (χ3n) is 7.68. The Balaban J connectivity index is 1.15. The smallest absolute Gasteiger partial charge is 0.257 e. The van der Waals surface area contributed by atoms with Crippen molar-refractivity contribution in [1.29, 1.82) is 0 Å². The van der Waals surface area contributed by atoms with Crippen LogP contribution in [0.15, 0.2) is 48.5 Å². The molecule has 184 valence electrons. The summed E-state index contributed by atoms with van der Waals surface area (Å²) in [7, 11) is 0. The molecular formula is C28H34N4O3. The van der Waals surface area contributed by atoms with Crippen molar-refractivity contribution in [1.82, 2.24) is 9.80 Å². The molecule has 2 aromatic carbocycles. The quantitative estimate of drug-likeness (QED) is 0.627. The fourth-order valence-electron chi connectivity index (χ4n) is 5.71. The van der Waals surface area contributed by atoms with Crippen LogP contribution in [0.3, 0.4) is 0 Å². The molecule has 0 aliphatic carbocycles. The Bertz CT molecular complexity index is 1110. The number of likely N-dealkylation sites (tertiary alicyclic amines) is 1. The zero-order valence-corrected chi connectivity index (χ0v) is 20.5. The number of rotatable bonds is 8. The van der Waals surface area contributed by atoms with Gasteiger partial charge in [0.25, 0.3) is 5.91 Å². The van der Waals surface area contributed by atoms with E-state index in [1.807, 2.05) is 37.3 Å². The van der Waals surface area contributed by atoms with Gasteiger partial charge in [-0.25, -0.2) is 0 Å². The largest absolute Gasteiger partial charge is 0.326 e. The van der Waals surface area contributed by atoms with Gasteiger partial charge in [-0.15, -0.1) is 0 Å². The van der Waals surface area contributed by atoms with Gasteiger partial charge in [0, 0.05) is 31.6 Å². The second-order valence-electron chi connectivity index (χ2n) is 10.1. The summed E-state index contributed by atoms with van der Waals surface area (Å²) in [6.07, 6.45) is 5.50. The maximum absolute atomic E-state index is 13.3. The summed E-state index contributed by atoms with van der Waals surface area (Å²) in [4.78, 5) is 44.6. The lowest BCUT2D eigenvalue weighted by Gasteiger charge is -2.48. The number of carbonyl (C=O) groups excluding carboxylic acids is 3. The van der Waals surface area contributed by atoms with Gasteiger partial charge in [0.05, 0.1) is 11.3 Å². The highest BCUT2D eigenvalue weighted by molar-refractivity contribution is 6.10. The van der Waals surface area contributed by atoms with Crippen molar-refractivity contribution >= 4 is 29.1 Å². The molecule has 7 heteroatoms. The Morgan fingerprint density at radius 1 is 1.00 bits per heavy atom. The van der Waals surface area contributed by atoms with Gasteiger partial charge in [-0.2, -0.15) is 0 Å². The van der Waals surface area contributed by atoms with Crippen LogP contribution in [0.2, 0.25) is 0 Å². The first kappa shape index (κ1) is 23.5. The van der Waals surface area contributed by atoms with Crippen LogP contribution in [0, 0.1) is 0 Å². The van der Waals surface area contributed by atoms with E-state index < -0.39 is 5.66 Å². The number of anilines is 2. The summed E-state index contributed by atoms with van der Waals surface area (Å²) in [5.74, 6) is -0.0952. The Morgan fingerprint density at radius 3 is 2.51 bits per heavy atom. The van der Waals surface area contributed by atoms with Crippen LogP contribution in [0.1, 0.15) is 61.4 Å². The Kier molecular flexibility index (Phi) is 6.60. The molecule has 3 amide bonds. The van der Waals surface area contributed by atoms with E-state index in [-0.39, 0.29) is 17.7 Å². The van der Waals surface area contributed by atoms with Crippen molar-refractivity contribution < 1.29 is 14.4 Å². The minimum absolute atomic E-state index is 0.0408. The van der Waals surface area contributed by atoms with Gasteiger partial charge >= 0.3 is 0 Å². The first-order valence-corrected chi connectivity index (χ1v) is 12.8. The van der Waals surface area contributed by atoms with E-state index in [1.165, 1.54) is 31.5 Å². The van der Waals surface area contributed by atoms with Gasteiger partial charge in [-0.05, 0) is 81.9 Å². The lowest BCUT2D eigenvalue weighted by Crippen LogP contribution is -2.62. The molecule has 35 heavy (non-hydrogen) atoms. The molecule has 0 radical (unpaired) electrons. The van der Waals surface area contributed by atoms with Crippen molar-refractivity contribution in [2.45, 2.75) is 57.5 Å². The molecule has 7 nitrogen and oxygen atoms in total. The van der Waals surface area contributed by atoms with Gasteiger partial charge in [0.15, 0.2) is 0 Å². The van der Waals surface area contributed by atoms with Crippen molar-refractivity contribution in [3.8, 4) is 0 Å². The van der Waals surface area contributed by atoms with E-state index in [4.69, 9.17) is 0 Å². The van der Waals surface area contributed by atoms with E-state index >= 15 is 0 Å². The Hall–Kier alpha value is -3.19. The molecule has 1 atom stereocenters. The SMILES string of the molecule is CC12CCC(=O)N1c1ccccc1C(=O)N2CCCC(=O)Nc1ccc(CCN2CCCC2)cc1. The standard InChI is InChI=1S/C28H34N4O3/c1-28-16-14-26(34)32(28)24-8-3-2-7-23(24)27(35)31(28)19-6-9-25(33)29-22-12-10-21(11-13-22)15-20-30-17-4-5-18-30/h2-3,7-8,10-13H,4-6,9,14-20H2,1H3,(H,29,33). The number of benzene rings is 2. The second-order valence-corrected chi connectivity index (χ2v) is 10.1. The summed E-state index contributed by atoms with van der Waals surface area (Å²) in [6.45, 7) is 5.88. The zero-order chi connectivity index (χ0) is 24.4. The van der Waals surface area contributed by atoms with E-state index in [9.17, 15) is 14.4 Å². The maximum Gasteiger partial charge on any atom is 0.257 e. The van der Waals surface area contributed by atoms with E-state index in [0.29, 0.717) is 43.5 Å². The van der Waals surface area contributed by atoms with Gasteiger partial charge in [0.2, 0.25) is 11.8 Å². The normalized spacial score (nSPS) is 21.9. The molecule has 2 saturated heterocycles. The number of amides is 3. The minimum atomic E-state index is -0.677. The molecule has 3 aliphatic rings. The van der Waals surface area contributed by atoms with Crippen molar-refractivity contribution in [3.63, 3.8) is 0 Å². The molecular weight excluding hydrogens is 440 g/mol. The maximum atomic E-state index is 13.3. The summed E-state index contributed by atoms with van der Waals surface area (Å²) in [5.41, 5.74) is 2.64. The predicted octanol–water partition coefficient (Wildman–Crippen LogP) is 4.04. The molecule has 0 aromatic heterocycles. The highest BCUT2D eigenvalue weighted by atomic mass is 16.2. The van der Waals surface area contributed by atoms with Gasteiger partial charge in [-0.3, -0.25) is 19.3 Å². The molecule has 2 fully saturated rings. The summed E-state index contributed by atoms with van der Waals surface area (Å²) in [6, 6.07) is 15.4. The van der Waals surface area contributed by atoms with Crippen molar-refractivity contribution in [2.24, 2.45) is 0 Å². The lowest BCUT2D eigenvalue weighted by molar-refractivity contribution is -0.118. The number of hydrogen-bond acceptors (Lipinski definition) is 4. The number of carbonyl (C=O) groups is 3. The fourth-order valence-corrected chi connectivity index (χ4v) is 5.71. The molecule has 1 unspecified atom stereocenters. The van der Waals surface area contributed by atoms with E-state index in [0.717, 1.165) is 18.7 Å². The minimum Gasteiger partial charge on any atom is -0.326 e. The van der Waals surface area contributed by atoms with Crippen LogP contribution >= 0.6 is 0 Å². The topological polar surface area (TPSA) is 73.0 Å². The lowest BCUT2D eigenvalue weighted by atomic mass is 9.98. The number of nitrogens with zero attached hydrogens (tertiary/aromatic N) is 3. The number of hydrogen-bond donors (Lipinski definition) is 1. The molecule has 5 rings (SSSR count). The summed E-state index contributed by atoms with van der Waals surface area (Å²) < 4.78 is 0. The monoisotopic (exact) mass is 474 g/mol. The first-order chi connectivity index (χ1) is 17.0. The molecule has 0 saturated carbocycles. The third-order valence-corrected chi connectivity index (χ3v) is 7.68. The highest BCUT2D eigenvalue weighted by Crippen LogP contribution is 2.44. The molecule has 2 aromatic rings. The molecule has 0 spiro atoms. The van der Waals surface area contributed by atoms with Crippen LogP contribution in [0.5, 0.6) is 0 Å². The fraction of sp³-hybridized carbons (Fsp3) is 0.464. The van der Waals surface area contributed by atoms with E-state index in [2.05, 4.69) is 22.3 Å². The molecule has 1 N–H and O–H groups in total. The summed E-state index contributed by atoms with van der Waals surface area (Å²) >= 11 is 0. The zero-order valence-electron chi connectivity index (χ0n) is 20.5. The van der Waals surface area contributed by atoms with E-state index in [1.54, 1.807) is 15.9 Å². The highest BCUT2D eigenvalue weighted by Gasteiger charge is 2.52. The average molecular weight is 475 g/mol. The number of fused-ring (bicyclic) bond motifs is 3. The predicted molar refractivity (Wildman–Crippen MR) is 136 cm³/mol. The first-order valence-electron chi connectivity index (χ1n) is 12.8. The van der Waals surface area contributed by atoms with Gasteiger partial charge in [0.1, 0.15) is 5.66 Å². The Labute approximate surface area is 207 Å². The van der Waals surface area contributed by atoms with Crippen molar-refractivity contribution in [3.05, 3.63) is 59.7 Å². The molecule has 3 heterocycles. The average Bonchev–Trinajstić information content (AvgIpc) is 3.49. The second kappa shape index (κ2) is 9.82. The van der Waals surface area contributed by atoms with Crippen LogP contribution in [0.25, 0.3) is 0 Å². The number of nitrogens with one attached hydrogen (secondary N) is 1. The van der Waals surface area contributed by atoms with Crippen LogP contribution in [0.4, 0.5) is 11.4 Å². The van der Waals surface area contributed by atoms with Crippen molar-refractivity contribution in [2.75, 3.05) is 36.4 Å². The summed E-state index contributed by atoms with van der Waals surface area (Å²) in [5, 5.41) is 2.98. The Morgan fingerprint density at radius 2 is 1.74 bits per heavy atom. The van der Waals surface area contributed by atoms with Crippen LogP contribution in [-0.4, -0.2) is 59.4 Å². The third kappa shape index (κ3) is 4.69. The molecule has 0 bridgehead atoms. The van der Waals surface area contributed by atoms with Crippen LogP contribution in [-0.2, 0) is 16.0 Å². The molecule has 3 aliphatic heterocycles. The van der Waals surface area contributed by atoms with Gasteiger partial charge < -0.3 is 15.1 Å². The number of para-hydroxylation sites is 1. The van der Waals surface area contributed by atoms with Gasteiger partial charge in [-0.1, -0.05) is 24.3 Å².